The third kappa shape index (κ3) is 3.00. The van der Waals surface area contributed by atoms with Gasteiger partial charge in [0, 0.05) is 13.1 Å². The first-order valence-electron chi connectivity index (χ1n) is 6.11. The number of nitrogens with one attached hydrogen (secondary N) is 1. The van der Waals surface area contributed by atoms with E-state index in [1.165, 1.54) is 16.8 Å². The number of nitrogens with zero attached hydrogens (tertiary/aromatic N) is 2. The maximum absolute atomic E-state index is 12.3. The Balaban J connectivity index is 2.35. The molecule has 1 atom stereocenters. The Morgan fingerprint density at radius 3 is 2.60 bits per heavy atom. The minimum Gasteiger partial charge on any atom is -0.389 e. The summed E-state index contributed by atoms with van der Waals surface area (Å²) in [6.07, 6.45) is -0.718. The van der Waals surface area contributed by atoms with Gasteiger partial charge >= 0.3 is 0 Å². The van der Waals surface area contributed by atoms with Crippen LogP contribution in [0.5, 0.6) is 0 Å². The molecule has 0 amide bonds. The van der Waals surface area contributed by atoms with E-state index in [1.807, 2.05) is 0 Å². The van der Waals surface area contributed by atoms with Crippen molar-refractivity contribution in [3.8, 4) is 0 Å². The van der Waals surface area contributed by atoms with Crippen LogP contribution in [0.4, 0.5) is 5.82 Å². The van der Waals surface area contributed by atoms with Crippen LogP contribution in [0.25, 0.3) is 0 Å². The summed E-state index contributed by atoms with van der Waals surface area (Å²) >= 11 is 0. The Bertz CT molecular complexity index is 720. The summed E-state index contributed by atoms with van der Waals surface area (Å²) in [5, 5.41) is 13.6. The van der Waals surface area contributed by atoms with Gasteiger partial charge in [-0.15, -0.1) is 0 Å². The van der Waals surface area contributed by atoms with Crippen LogP contribution < -0.4 is 4.72 Å². The van der Waals surface area contributed by atoms with Crippen LogP contribution in [0.15, 0.2) is 35.2 Å². The van der Waals surface area contributed by atoms with Crippen LogP contribution in [0, 0.1) is 6.92 Å². The van der Waals surface area contributed by atoms with E-state index in [1.54, 1.807) is 39.1 Å². The van der Waals surface area contributed by atoms with Gasteiger partial charge in [0.1, 0.15) is 5.82 Å². The second-order valence-electron chi connectivity index (χ2n) is 4.65. The normalized spacial score (nSPS) is 13.2. The number of hydrogen-bond donors (Lipinski definition) is 2. The summed E-state index contributed by atoms with van der Waals surface area (Å²) in [5.41, 5.74) is 1.27. The molecule has 1 aromatic heterocycles. The number of anilines is 1. The Kier molecular flexibility index (Phi) is 3.82. The van der Waals surface area contributed by atoms with Crippen molar-refractivity contribution in [2.24, 2.45) is 7.05 Å². The van der Waals surface area contributed by atoms with Gasteiger partial charge in [0.15, 0.2) is 0 Å². The largest absolute Gasteiger partial charge is 0.389 e. The highest BCUT2D eigenvalue weighted by atomic mass is 32.2. The monoisotopic (exact) mass is 295 g/mol. The van der Waals surface area contributed by atoms with Crippen LogP contribution in [0.2, 0.25) is 0 Å². The SMILES string of the molecule is Cc1cc(NS(=O)(=O)c2cccc(C(C)O)c2)n(C)n1. The van der Waals surface area contributed by atoms with Gasteiger partial charge in [0.25, 0.3) is 10.0 Å². The highest BCUT2D eigenvalue weighted by Crippen LogP contribution is 2.20. The molecule has 0 aliphatic heterocycles. The predicted molar refractivity (Wildman–Crippen MR) is 75.8 cm³/mol. The van der Waals surface area contributed by atoms with E-state index in [2.05, 4.69) is 9.82 Å². The summed E-state index contributed by atoms with van der Waals surface area (Å²) in [4.78, 5) is 0.106. The van der Waals surface area contributed by atoms with E-state index in [-0.39, 0.29) is 4.90 Å². The van der Waals surface area contributed by atoms with Gasteiger partial charge in [0.05, 0.1) is 16.7 Å². The Labute approximate surface area is 118 Å². The molecule has 1 aromatic carbocycles. The Hall–Kier alpha value is -1.86. The van der Waals surface area contributed by atoms with Crippen molar-refractivity contribution in [1.82, 2.24) is 9.78 Å². The molecule has 7 heteroatoms. The lowest BCUT2D eigenvalue weighted by Crippen LogP contribution is -2.15. The fourth-order valence-electron chi connectivity index (χ4n) is 1.84. The molecular formula is C13H17N3O3S. The highest BCUT2D eigenvalue weighted by Gasteiger charge is 2.17. The summed E-state index contributed by atoms with van der Waals surface area (Å²) in [6, 6.07) is 7.87. The third-order valence-electron chi connectivity index (χ3n) is 2.89. The number of aromatic nitrogens is 2. The number of hydrogen-bond acceptors (Lipinski definition) is 4. The molecule has 2 N–H and O–H groups in total. The number of aliphatic hydroxyl groups excluding tert-OH is 1. The third-order valence-corrected chi connectivity index (χ3v) is 4.24. The maximum Gasteiger partial charge on any atom is 0.263 e. The minimum atomic E-state index is -3.70. The van der Waals surface area contributed by atoms with Crippen LogP contribution in [0.3, 0.4) is 0 Å². The Morgan fingerprint density at radius 1 is 1.35 bits per heavy atom. The van der Waals surface area contributed by atoms with E-state index in [9.17, 15) is 13.5 Å². The smallest absolute Gasteiger partial charge is 0.263 e. The quantitative estimate of drug-likeness (QED) is 0.897. The maximum atomic E-state index is 12.3. The van der Waals surface area contributed by atoms with E-state index >= 15 is 0 Å². The summed E-state index contributed by atoms with van der Waals surface area (Å²) in [7, 11) is -2.04. The first-order chi connectivity index (χ1) is 9.29. The van der Waals surface area contributed by atoms with Crippen LogP contribution in [0.1, 0.15) is 24.3 Å². The molecule has 0 aliphatic carbocycles. The zero-order valence-electron chi connectivity index (χ0n) is 11.5. The first kappa shape index (κ1) is 14.5. The molecule has 0 saturated heterocycles. The van der Waals surface area contributed by atoms with Crippen molar-refractivity contribution in [3.05, 3.63) is 41.6 Å². The standard InChI is InChI=1S/C13H17N3O3S/c1-9-7-13(16(3)14-9)15-20(18,19)12-6-4-5-11(8-12)10(2)17/h4-8,10,15,17H,1-3H3. The molecule has 108 valence electrons. The van der Waals surface area contributed by atoms with Crippen molar-refractivity contribution in [2.75, 3.05) is 4.72 Å². The molecule has 0 aliphatic rings. The number of aryl methyl sites for hydroxylation is 2. The second kappa shape index (κ2) is 5.26. The molecule has 2 aromatic rings. The molecule has 0 fully saturated rings. The molecule has 2 rings (SSSR count). The lowest BCUT2D eigenvalue weighted by atomic mass is 10.1. The summed E-state index contributed by atoms with van der Waals surface area (Å²) in [5.74, 6) is 0.393. The zero-order valence-corrected chi connectivity index (χ0v) is 12.3. The molecule has 1 heterocycles. The predicted octanol–water partition coefficient (Wildman–Crippen LogP) is 1.58. The topological polar surface area (TPSA) is 84.2 Å². The van der Waals surface area contributed by atoms with Crippen LogP contribution in [-0.2, 0) is 17.1 Å². The molecule has 0 spiro atoms. The lowest BCUT2D eigenvalue weighted by molar-refractivity contribution is 0.199. The average Bonchev–Trinajstić information content (AvgIpc) is 2.67. The van der Waals surface area contributed by atoms with E-state index in [0.29, 0.717) is 11.4 Å². The molecule has 6 nitrogen and oxygen atoms in total. The average molecular weight is 295 g/mol. The van der Waals surface area contributed by atoms with E-state index in [4.69, 9.17) is 0 Å². The van der Waals surface area contributed by atoms with Gasteiger partial charge in [-0.3, -0.25) is 9.40 Å². The Morgan fingerprint density at radius 2 is 2.05 bits per heavy atom. The summed E-state index contributed by atoms with van der Waals surface area (Å²) < 4.78 is 28.6. The van der Waals surface area contributed by atoms with Gasteiger partial charge in [-0.1, -0.05) is 12.1 Å². The summed E-state index contributed by atoms with van der Waals surface area (Å²) in [6.45, 7) is 3.37. The molecule has 0 bridgehead atoms. The van der Waals surface area contributed by atoms with Crippen molar-refractivity contribution in [1.29, 1.82) is 0 Å². The number of sulfonamides is 1. The van der Waals surface area contributed by atoms with Crippen LogP contribution >= 0.6 is 0 Å². The number of benzene rings is 1. The highest BCUT2D eigenvalue weighted by molar-refractivity contribution is 7.92. The van der Waals surface area contributed by atoms with Crippen molar-refractivity contribution < 1.29 is 13.5 Å². The van der Waals surface area contributed by atoms with Crippen LogP contribution in [-0.4, -0.2) is 23.3 Å². The molecule has 0 radical (unpaired) electrons. The van der Waals surface area contributed by atoms with Gasteiger partial charge < -0.3 is 5.11 Å². The minimum absolute atomic E-state index is 0.106. The van der Waals surface area contributed by atoms with Crippen molar-refractivity contribution >= 4 is 15.8 Å². The van der Waals surface area contributed by atoms with Gasteiger partial charge in [-0.25, -0.2) is 8.42 Å². The fraction of sp³-hybridized carbons (Fsp3) is 0.308. The zero-order chi connectivity index (χ0) is 14.9. The van der Waals surface area contributed by atoms with Crippen molar-refractivity contribution in [2.45, 2.75) is 24.8 Å². The fourth-order valence-corrected chi connectivity index (χ4v) is 2.98. The van der Waals surface area contributed by atoms with E-state index in [0.717, 1.165) is 5.69 Å². The lowest BCUT2D eigenvalue weighted by Gasteiger charge is -2.10. The number of aliphatic hydroxyl groups is 1. The molecular weight excluding hydrogens is 278 g/mol. The molecule has 20 heavy (non-hydrogen) atoms. The van der Waals surface area contributed by atoms with Gasteiger partial charge in [-0.2, -0.15) is 5.10 Å². The molecule has 1 unspecified atom stereocenters. The first-order valence-corrected chi connectivity index (χ1v) is 7.59. The van der Waals surface area contributed by atoms with Gasteiger partial charge in [-0.05, 0) is 31.5 Å². The molecule has 0 saturated carbocycles. The van der Waals surface area contributed by atoms with Crippen molar-refractivity contribution in [3.63, 3.8) is 0 Å². The number of rotatable bonds is 4. The van der Waals surface area contributed by atoms with E-state index < -0.39 is 16.1 Å². The van der Waals surface area contributed by atoms with Gasteiger partial charge in [0.2, 0.25) is 0 Å². The second-order valence-corrected chi connectivity index (χ2v) is 6.33.